The Morgan fingerprint density at radius 1 is 1.28 bits per heavy atom. The number of nitrogens with one attached hydrogen (secondary N) is 1. The van der Waals surface area contributed by atoms with Gasteiger partial charge in [-0.05, 0) is 24.3 Å². The van der Waals surface area contributed by atoms with Gasteiger partial charge in [-0.3, -0.25) is 0 Å². The topological polar surface area (TPSA) is 73.1 Å². The molecule has 0 bridgehead atoms. The second-order valence-electron chi connectivity index (χ2n) is 3.65. The highest BCUT2D eigenvalue weighted by atomic mass is 35.5. The van der Waals surface area contributed by atoms with Crippen LogP contribution in [-0.4, -0.2) is 17.1 Å². The van der Waals surface area contributed by atoms with E-state index in [4.69, 9.17) is 22.2 Å². The number of ether oxygens (including phenoxy) is 1. The third-order valence-corrected chi connectivity index (χ3v) is 2.57. The van der Waals surface area contributed by atoms with E-state index in [0.29, 0.717) is 23.3 Å². The van der Waals surface area contributed by atoms with Gasteiger partial charge in [0.1, 0.15) is 5.82 Å². The summed E-state index contributed by atoms with van der Waals surface area (Å²) < 4.78 is 5.06. The molecule has 0 fully saturated rings. The van der Waals surface area contributed by atoms with E-state index in [1.807, 2.05) is 12.1 Å². The standard InChI is InChI=1S/C12H13ClN4O/c1-18-7-10-6-11(17-14)16-12(15-10)8-2-4-9(13)5-3-8/h2-6H,7,14H2,1H3,(H,15,16,17). The molecule has 0 aliphatic heterocycles. The molecule has 2 aromatic rings. The minimum Gasteiger partial charge on any atom is -0.378 e. The Kier molecular flexibility index (Phi) is 4.09. The number of nitrogen functional groups attached to an aromatic ring is 1. The van der Waals surface area contributed by atoms with Crippen LogP contribution in [0, 0.1) is 0 Å². The second-order valence-corrected chi connectivity index (χ2v) is 4.09. The van der Waals surface area contributed by atoms with E-state index in [-0.39, 0.29) is 0 Å². The molecule has 0 saturated heterocycles. The van der Waals surface area contributed by atoms with Crippen molar-refractivity contribution >= 4 is 17.4 Å². The van der Waals surface area contributed by atoms with Crippen LogP contribution in [0.5, 0.6) is 0 Å². The van der Waals surface area contributed by atoms with E-state index in [2.05, 4.69) is 15.4 Å². The van der Waals surface area contributed by atoms with Gasteiger partial charge in [0.05, 0.1) is 12.3 Å². The van der Waals surface area contributed by atoms with Crippen LogP contribution in [0.4, 0.5) is 5.82 Å². The van der Waals surface area contributed by atoms with E-state index in [1.165, 1.54) is 0 Å². The molecule has 6 heteroatoms. The van der Waals surface area contributed by atoms with Crippen molar-refractivity contribution in [1.29, 1.82) is 0 Å². The average molecular weight is 265 g/mol. The lowest BCUT2D eigenvalue weighted by Gasteiger charge is -2.07. The van der Waals surface area contributed by atoms with Crippen LogP contribution in [0.3, 0.4) is 0 Å². The van der Waals surface area contributed by atoms with Gasteiger partial charge in [-0.25, -0.2) is 15.8 Å². The first-order valence-corrected chi connectivity index (χ1v) is 5.70. The van der Waals surface area contributed by atoms with Gasteiger partial charge in [0, 0.05) is 23.8 Å². The minimum absolute atomic E-state index is 0.401. The number of halogens is 1. The fraction of sp³-hybridized carbons (Fsp3) is 0.167. The summed E-state index contributed by atoms with van der Waals surface area (Å²) in [6.07, 6.45) is 0. The molecule has 0 atom stereocenters. The Morgan fingerprint density at radius 3 is 2.61 bits per heavy atom. The molecule has 94 valence electrons. The first kappa shape index (κ1) is 12.8. The van der Waals surface area contributed by atoms with Crippen LogP contribution in [0.2, 0.25) is 5.02 Å². The predicted octanol–water partition coefficient (Wildman–Crippen LogP) is 2.23. The number of methoxy groups -OCH3 is 1. The number of aromatic nitrogens is 2. The lowest BCUT2D eigenvalue weighted by atomic mass is 10.2. The van der Waals surface area contributed by atoms with Crippen molar-refractivity contribution in [3.05, 3.63) is 41.0 Å². The van der Waals surface area contributed by atoms with Crippen LogP contribution in [-0.2, 0) is 11.3 Å². The molecule has 0 amide bonds. The number of hydrogen-bond acceptors (Lipinski definition) is 5. The van der Waals surface area contributed by atoms with Crippen molar-refractivity contribution in [3.63, 3.8) is 0 Å². The lowest BCUT2D eigenvalue weighted by molar-refractivity contribution is 0.181. The van der Waals surface area contributed by atoms with Gasteiger partial charge in [-0.1, -0.05) is 11.6 Å². The van der Waals surface area contributed by atoms with Crippen molar-refractivity contribution in [2.45, 2.75) is 6.61 Å². The molecule has 18 heavy (non-hydrogen) atoms. The average Bonchev–Trinajstić information content (AvgIpc) is 2.39. The number of anilines is 1. The molecule has 0 saturated carbocycles. The summed E-state index contributed by atoms with van der Waals surface area (Å²) in [7, 11) is 1.61. The molecular formula is C12H13ClN4O. The first-order chi connectivity index (χ1) is 8.72. The minimum atomic E-state index is 0.401. The molecule has 3 N–H and O–H groups in total. The van der Waals surface area contributed by atoms with E-state index < -0.39 is 0 Å². The number of nitrogens with zero attached hydrogens (tertiary/aromatic N) is 2. The maximum Gasteiger partial charge on any atom is 0.161 e. The highest BCUT2D eigenvalue weighted by Crippen LogP contribution is 2.20. The molecule has 1 aromatic heterocycles. The van der Waals surface area contributed by atoms with Gasteiger partial charge in [0.25, 0.3) is 0 Å². The van der Waals surface area contributed by atoms with Gasteiger partial charge in [-0.15, -0.1) is 0 Å². The zero-order valence-corrected chi connectivity index (χ0v) is 10.6. The van der Waals surface area contributed by atoms with Crippen molar-refractivity contribution in [3.8, 4) is 11.4 Å². The van der Waals surface area contributed by atoms with Gasteiger partial charge in [0.15, 0.2) is 5.82 Å². The van der Waals surface area contributed by atoms with Crippen molar-refractivity contribution in [2.75, 3.05) is 12.5 Å². The largest absolute Gasteiger partial charge is 0.378 e. The predicted molar refractivity (Wildman–Crippen MR) is 71.0 cm³/mol. The summed E-state index contributed by atoms with van der Waals surface area (Å²) in [6, 6.07) is 9.03. The first-order valence-electron chi connectivity index (χ1n) is 5.32. The van der Waals surface area contributed by atoms with Crippen LogP contribution >= 0.6 is 11.6 Å². The molecule has 1 heterocycles. The molecule has 0 aliphatic carbocycles. The van der Waals surface area contributed by atoms with Gasteiger partial charge >= 0.3 is 0 Å². The van der Waals surface area contributed by atoms with E-state index in [9.17, 15) is 0 Å². The molecule has 2 rings (SSSR count). The summed E-state index contributed by atoms with van der Waals surface area (Å²) in [5.41, 5.74) is 4.14. The number of benzene rings is 1. The summed E-state index contributed by atoms with van der Waals surface area (Å²) in [4.78, 5) is 8.68. The van der Waals surface area contributed by atoms with Crippen molar-refractivity contribution in [2.24, 2.45) is 5.84 Å². The fourth-order valence-electron chi connectivity index (χ4n) is 1.52. The zero-order chi connectivity index (χ0) is 13.0. The van der Waals surface area contributed by atoms with Crippen LogP contribution in [0.15, 0.2) is 30.3 Å². The van der Waals surface area contributed by atoms with Gasteiger partial charge in [-0.2, -0.15) is 0 Å². The van der Waals surface area contributed by atoms with Crippen molar-refractivity contribution in [1.82, 2.24) is 9.97 Å². The maximum absolute atomic E-state index is 5.85. The Morgan fingerprint density at radius 2 is 2.00 bits per heavy atom. The van der Waals surface area contributed by atoms with Gasteiger partial charge < -0.3 is 10.2 Å². The summed E-state index contributed by atoms with van der Waals surface area (Å²) >= 11 is 5.85. The third-order valence-electron chi connectivity index (χ3n) is 2.32. The number of hydrogen-bond donors (Lipinski definition) is 2. The Labute approximate surface area is 110 Å². The van der Waals surface area contributed by atoms with Crippen LogP contribution in [0.25, 0.3) is 11.4 Å². The Hall–Kier alpha value is -1.69. The maximum atomic E-state index is 5.85. The normalized spacial score (nSPS) is 10.4. The molecule has 5 nitrogen and oxygen atoms in total. The molecule has 0 spiro atoms. The van der Waals surface area contributed by atoms with E-state index in [1.54, 1.807) is 25.3 Å². The third kappa shape index (κ3) is 2.95. The highest BCUT2D eigenvalue weighted by Gasteiger charge is 2.06. The monoisotopic (exact) mass is 264 g/mol. The van der Waals surface area contributed by atoms with Gasteiger partial charge in [0.2, 0.25) is 0 Å². The van der Waals surface area contributed by atoms with Crippen LogP contribution < -0.4 is 11.3 Å². The van der Waals surface area contributed by atoms with Crippen molar-refractivity contribution < 1.29 is 4.74 Å². The molecule has 0 aliphatic rings. The Balaban J connectivity index is 2.42. The summed E-state index contributed by atoms with van der Waals surface area (Å²) in [5, 5.41) is 0.670. The summed E-state index contributed by atoms with van der Waals surface area (Å²) in [6.45, 7) is 0.401. The molecule has 0 radical (unpaired) electrons. The number of hydrazine groups is 1. The summed E-state index contributed by atoms with van der Waals surface area (Å²) in [5.74, 6) is 6.51. The molecule has 0 unspecified atom stereocenters. The molecule has 1 aromatic carbocycles. The fourth-order valence-corrected chi connectivity index (χ4v) is 1.65. The SMILES string of the molecule is COCc1cc(NN)nc(-c2ccc(Cl)cc2)n1. The zero-order valence-electron chi connectivity index (χ0n) is 9.85. The van der Waals surface area contributed by atoms with Crippen LogP contribution in [0.1, 0.15) is 5.69 Å². The number of nitrogens with two attached hydrogens (primary N) is 1. The number of rotatable bonds is 4. The Bertz CT molecular complexity index is 530. The highest BCUT2D eigenvalue weighted by molar-refractivity contribution is 6.30. The van der Waals surface area contributed by atoms with E-state index >= 15 is 0 Å². The smallest absolute Gasteiger partial charge is 0.161 e. The van der Waals surface area contributed by atoms with E-state index in [0.717, 1.165) is 11.3 Å². The lowest BCUT2D eigenvalue weighted by Crippen LogP contribution is -2.10. The second kappa shape index (κ2) is 5.77. The molecular weight excluding hydrogens is 252 g/mol. The quantitative estimate of drug-likeness (QED) is 0.654.